The number of nitrogens with one attached hydrogen (secondary N) is 5. The van der Waals surface area contributed by atoms with Gasteiger partial charge in [0.1, 0.15) is 16.8 Å². The van der Waals surface area contributed by atoms with Crippen molar-refractivity contribution in [2.45, 2.75) is 70.7 Å². The highest BCUT2D eigenvalue weighted by molar-refractivity contribution is 14.1. The molecule has 1 aliphatic rings. The molecule has 246 valence electrons. The van der Waals surface area contributed by atoms with Gasteiger partial charge in [0.2, 0.25) is 5.95 Å². The van der Waals surface area contributed by atoms with E-state index in [-0.39, 0.29) is 39.9 Å². The summed E-state index contributed by atoms with van der Waals surface area (Å²) in [5.74, 6) is -0.699. The number of rotatable bonds is 8. The van der Waals surface area contributed by atoms with E-state index in [9.17, 15) is 19.2 Å². The number of hydrogen-bond donors (Lipinski definition) is 5. The van der Waals surface area contributed by atoms with Crippen LogP contribution in [0, 0.1) is 3.57 Å². The third-order valence-corrected chi connectivity index (χ3v) is 8.44. The van der Waals surface area contributed by atoms with Crippen molar-refractivity contribution in [3.8, 4) is 0 Å². The minimum Gasteiger partial charge on any atom is -0.444 e. The molecule has 1 fully saturated rings. The quantitative estimate of drug-likeness (QED) is 0.136. The summed E-state index contributed by atoms with van der Waals surface area (Å²) in [7, 11) is 0. The van der Waals surface area contributed by atoms with Crippen LogP contribution in [-0.2, 0) is 11.3 Å². The molecule has 5 N–H and O–H groups in total. The summed E-state index contributed by atoms with van der Waals surface area (Å²) in [5, 5.41) is 12.4. The van der Waals surface area contributed by atoms with E-state index < -0.39 is 23.2 Å². The lowest BCUT2D eigenvalue weighted by atomic mass is 9.91. The van der Waals surface area contributed by atoms with Gasteiger partial charge in [-0.3, -0.25) is 14.4 Å². The lowest BCUT2D eigenvalue weighted by molar-refractivity contribution is 0.0491. The number of ether oxygens (including phenoxy) is 1. The highest BCUT2D eigenvalue weighted by atomic mass is 127. The van der Waals surface area contributed by atoms with Crippen LogP contribution >= 0.6 is 34.2 Å². The Morgan fingerprint density at radius 1 is 1.02 bits per heavy atom. The third kappa shape index (κ3) is 9.41. The first-order chi connectivity index (χ1) is 22.3. The predicted octanol–water partition coefficient (Wildman–Crippen LogP) is 6.01. The van der Waals surface area contributed by atoms with Gasteiger partial charge in [0.25, 0.3) is 17.4 Å². The van der Waals surface area contributed by atoms with Crippen molar-refractivity contribution in [1.29, 1.82) is 0 Å². The number of anilines is 2. The first-order valence-corrected chi connectivity index (χ1v) is 16.6. The van der Waals surface area contributed by atoms with E-state index in [0.29, 0.717) is 23.4 Å². The Morgan fingerprint density at radius 2 is 1.77 bits per heavy atom. The monoisotopic (exact) mass is 771 g/mol. The molecule has 2 aromatic carbocycles. The molecule has 0 spiro atoms. The molecule has 3 amide bonds. The van der Waals surface area contributed by atoms with Gasteiger partial charge >= 0.3 is 6.09 Å². The number of amides is 3. The normalized spacial score (nSPS) is 16.3. The van der Waals surface area contributed by atoms with Crippen molar-refractivity contribution >= 4 is 74.8 Å². The first-order valence-electron chi connectivity index (χ1n) is 15.1. The van der Waals surface area contributed by atoms with Crippen LogP contribution in [0.25, 0.3) is 11.0 Å². The fraction of sp³-hybridized carbons (Fsp3) is 0.333. The molecule has 14 heteroatoms. The van der Waals surface area contributed by atoms with Gasteiger partial charge in [0.05, 0.1) is 10.7 Å². The predicted molar refractivity (Wildman–Crippen MR) is 189 cm³/mol. The second-order valence-corrected chi connectivity index (χ2v) is 14.0. The van der Waals surface area contributed by atoms with Gasteiger partial charge < -0.3 is 31.0 Å². The van der Waals surface area contributed by atoms with E-state index in [1.54, 1.807) is 6.07 Å². The molecule has 0 atom stereocenters. The molecule has 5 rings (SSSR count). The second-order valence-electron chi connectivity index (χ2n) is 12.3. The van der Waals surface area contributed by atoms with E-state index >= 15 is 0 Å². The van der Waals surface area contributed by atoms with Gasteiger partial charge in [-0.1, -0.05) is 23.7 Å². The Labute approximate surface area is 290 Å². The zero-order valence-corrected chi connectivity index (χ0v) is 29.0. The molecule has 4 aromatic rings. The van der Waals surface area contributed by atoms with Crippen molar-refractivity contribution < 1.29 is 19.1 Å². The summed E-state index contributed by atoms with van der Waals surface area (Å²) in [6, 6.07) is 13.8. The molecular formula is C33H35ClIN7O5. The Morgan fingerprint density at radius 3 is 2.49 bits per heavy atom. The number of carbonyl (C=O) groups excluding carboxylic acids is 3. The van der Waals surface area contributed by atoms with Crippen molar-refractivity contribution in [3.63, 3.8) is 0 Å². The van der Waals surface area contributed by atoms with E-state index in [4.69, 9.17) is 16.3 Å². The lowest BCUT2D eigenvalue weighted by Crippen LogP contribution is -2.42. The largest absolute Gasteiger partial charge is 0.444 e. The number of H-pyrrole nitrogens is 1. The molecule has 2 aromatic heterocycles. The average Bonchev–Trinajstić information content (AvgIpc) is 3.00. The van der Waals surface area contributed by atoms with Crippen LogP contribution in [-0.4, -0.2) is 50.5 Å². The van der Waals surface area contributed by atoms with Crippen molar-refractivity contribution in [1.82, 2.24) is 25.6 Å². The Bertz CT molecular complexity index is 1870. The maximum absolute atomic E-state index is 13.2. The number of carbonyl (C=O) groups is 3. The zero-order chi connectivity index (χ0) is 33.7. The summed E-state index contributed by atoms with van der Waals surface area (Å²) in [6.45, 7) is 5.81. The topological polar surface area (TPSA) is 167 Å². The average molecular weight is 772 g/mol. The van der Waals surface area contributed by atoms with Crippen LogP contribution in [0.2, 0.25) is 5.02 Å². The summed E-state index contributed by atoms with van der Waals surface area (Å²) in [5.41, 5.74) is 0.344. The Balaban J connectivity index is 1.20. The van der Waals surface area contributed by atoms with Gasteiger partial charge in [-0.05, 0) is 111 Å². The van der Waals surface area contributed by atoms with Gasteiger partial charge in [-0.25, -0.2) is 9.78 Å². The first kappa shape index (κ1) is 34.1. The number of pyridine rings is 1. The molecule has 12 nitrogen and oxygen atoms in total. The molecule has 2 heterocycles. The molecule has 1 aliphatic carbocycles. The maximum Gasteiger partial charge on any atom is 0.407 e. The molecular weight excluding hydrogens is 737 g/mol. The minimum atomic E-state index is -0.703. The third-order valence-electron chi connectivity index (χ3n) is 7.44. The fourth-order valence-electron chi connectivity index (χ4n) is 5.15. The van der Waals surface area contributed by atoms with Gasteiger partial charge in [-0.15, -0.1) is 0 Å². The van der Waals surface area contributed by atoms with Crippen LogP contribution < -0.4 is 26.8 Å². The van der Waals surface area contributed by atoms with E-state index in [0.717, 1.165) is 34.8 Å². The molecule has 1 saturated carbocycles. The smallest absolute Gasteiger partial charge is 0.407 e. The van der Waals surface area contributed by atoms with Crippen LogP contribution in [0.5, 0.6) is 0 Å². The number of fused-ring (bicyclic) bond motifs is 1. The molecule has 47 heavy (non-hydrogen) atoms. The summed E-state index contributed by atoms with van der Waals surface area (Å²) >= 11 is 8.53. The van der Waals surface area contributed by atoms with Gasteiger partial charge in [0, 0.05) is 39.3 Å². The molecule has 0 bridgehead atoms. The second kappa shape index (κ2) is 14.7. The number of halogens is 2. The molecule has 0 radical (unpaired) electrons. The minimum absolute atomic E-state index is 0.0274. The number of hydrogen-bond acceptors (Lipinski definition) is 8. The highest BCUT2D eigenvalue weighted by Crippen LogP contribution is 2.25. The van der Waals surface area contributed by atoms with Crippen LogP contribution in [0.1, 0.15) is 72.7 Å². The number of nitrogens with zero attached hydrogens (tertiary/aromatic N) is 2. The SMILES string of the molecule is CC(C)(C)OC(=O)N[C@H]1CC[C@@H](Nc2ncc3cc(C(=O)Nc4cc(C(=O)NCc5cccc(I)c5)ccc4Cl)c(=O)[nH]c3n2)CC1. The number of aromatic amines is 1. The van der Waals surface area contributed by atoms with Crippen LogP contribution in [0.15, 0.2) is 59.5 Å². The summed E-state index contributed by atoms with van der Waals surface area (Å²) < 4.78 is 6.41. The molecule has 0 aliphatic heterocycles. The van der Waals surface area contributed by atoms with E-state index in [1.165, 1.54) is 24.4 Å². The van der Waals surface area contributed by atoms with Crippen molar-refractivity contribution in [3.05, 3.63) is 90.4 Å². The highest BCUT2D eigenvalue weighted by Gasteiger charge is 2.25. The molecule has 0 saturated heterocycles. The summed E-state index contributed by atoms with van der Waals surface area (Å²) in [4.78, 5) is 62.5. The van der Waals surface area contributed by atoms with Crippen molar-refractivity contribution in [2.75, 3.05) is 10.6 Å². The maximum atomic E-state index is 13.2. The number of aromatic nitrogens is 3. The Kier molecular flexibility index (Phi) is 10.6. The zero-order valence-electron chi connectivity index (χ0n) is 26.1. The van der Waals surface area contributed by atoms with E-state index in [2.05, 4.69) is 58.8 Å². The fourth-order valence-corrected chi connectivity index (χ4v) is 5.93. The number of alkyl carbamates (subject to hydrolysis) is 1. The van der Waals surface area contributed by atoms with Crippen LogP contribution in [0.3, 0.4) is 0 Å². The summed E-state index contributed by atoms with van der Waals surface area (Å²) in [6.07, 6.45) is 4.22. The van der Waals surface area contributed by atoms with Crippen molar-refractivity contribution in [2.24, 2.45) is 0 Å². The molecule has 0 unspecified atom stereocenters. The number of benzene rings is 2. The van der Waals surface area contributed by atoms with Gasteiger partial charge in [0.15, 0.2) is 0 Å². The van der Waals surface area contributed by atoms with Gasteiger partial charge in [-0.2, -0.15) is 4.98 Å². The van der Waals surface area contributed by atoms with Crippen LogP contribution in [0.4, 0.5) is 16.4 Å². The standard InChI is InChI=1S/C33H35ClIN7O5/c1-33(2,3)47-32(46)39-23-10-8-22(9-11-23)38-31-37-17-20-14-24(30(45)41-27(20)42-31)29(44)40-26-15-19(7-12-25(26)34)28(43)36-16-18-5-4-6-21(35)13-18/h4-7,12-15,17,22-23H,8-11,16H2,1-3H3,(H,36,43)(H,39,46)(H,40,44)(H2,37,38,41,42,45)/t22-,23+. The Hall–Kier alpha value is -4.24. The lowest BCUT2D eigenvalue weighted by Gasteiger charge is -2.30. The van der Waals surface area contributed by atoms with E-state index in [1.807, 2.05) is 45.0 Å².